The summed E-state index contributed by atoms with van der Waals surface area (Å²) in [6.45, 7) is 5.27. The Bertz CT molecular complexity index is 917. The summed E-state index contributed by atoms with van der Waals surface area (Å²) >= 11 is 0. The van der Waals surface area contributed by atoms with E-state index in [0.717, 1.165) is 36.1 Å². The first kappa shape index (κ1) is 18.0. The number of hydrogen-bond acceptors (Lipinski definition) is 5. The SMILES string of the molecule is C/C(=N\N1CCCCCC1)c1c(O)n(-c2ccc(C)cc2)c(=O)[nH]c1=O. The molecule has 1 aromatic heterocycles. The molecule has 1 fully saturated rings. The fourth-order valence-corrected chi connectivity index (χ4v) is 3.20. The minimum atomic E-state index is -0.678. The van der Waals surface area contributed by atoms with Gasteiger partial charge in [-0.3, -0.25) is 14.8 Å². The Morgan fingerprint density at radius 3 is 2.31 bits per heavy atom. The van der Waals surface area contributed by atoms with Gasteiger partial charge in [-0.15, -0.1) is 0 Å². The number of aromatic hydroxyl groups is 1. The molecule has 3 rings (SSSR count). The van der Waals surface area contributed by atoms with Gasteiger partial charge in [0.05, 0.1) is 11.4 Å². The molecule has 1 aromatic carbocycles. The molecule has 0 saturated carbocycles. The summed E-state index contributed by atoms with van der Waals surface area (Å²) in [6, 6.07) is 7.12. The second kappa shape index (κ2) is 7.59. The molecule has 0 aliphatic carbocycles. The Morgan fingerprint density at radius 2 is 1.69 bits per heavy atom. The lowest BCUT2D eigenvalue weighted by molar-refractivity contribution is 0.300. The second-order valence-electron chi connectivity index (χ2n) is 6.68. The smallest absolute Gasteiger partial charge is 0.335 e. The van der Waals surface area contributed by atoms with Crippen LogP contribution in [0.2, 0.25) is 0 Å². The van der Waals surface area contributed by atoms with Crippen molar-refractivity contribution in [3.8, 4) is 11.6 Å². The Kier molecular flexibility index (Phi) is 5.25. The minimum absolute atomic E-state index is 0.0226. The minimum Gasteiger partial charge on any atom is -0.493 e. The highest BCUT2D eigenvalue weighted by molar-refractivity contribution is 6.00. The zero-order chi connectivity index (χ0) is 18.7. The first-order chi connectivity index (χ1) is 12.5. The summed E-state index contributed by atoms with van der Waals surface area (Å²) in [5, 5.41) is 17.1. The number of hydrogen-bond donors (Lipinski definition) is 2. The fourth-order valence-electron chi connectivity index (χ4n) is 3.20. The molecule has 7 nitrogen and oxygen atoms in total. The zero-order valence-corrected chi connectivity index (χ0v) is 15.2. The molecule has 2 aromatic rings. The maximum Gasteiger partial charge on any atom is 0.335 e. The van der Waals surface area contributed by atoms with E-state index in [1.165, 1.54) is 12.8 Å². The maximum absolute atomic E-state index is 12.3. The molecule has 138 valence electrons. The van der Waals surface area contributed by atoms with E-state index < -0.39 is 17.1 Å². The Labute approximate surface area is 151 Å². The number of nitrogens with zero attached hydrogens (tertiary/aromatic N) is 3. The lowest BCUT2D eigenvalue weighted by atomic mass is 10.2. The van der Waals surface area contributed by atoms with Gasteiger partial charge in [0, 0.05) is 13.1 Å². The average Bonchev–Trinajstić information content (AvgIpc) is 2.84. The third-order valence-corrected chi connectivity index (χ3v) is 4.61. The van der Waals surface area contributed by atoms with E-state index in [4.69, 9.17) is 0 Å². The van der Waals surface area contributed by atoms with Crippen molar-refractivity contribution in [1.29, 1.82) is 0 Å². The van der Waals surface area contributed by atoms with Crippen LogP contribution in [0.1, 0.15) is 43.7 Å². The molecule has 26 heavy (non-hydrogen) atoms. The van der Waals surface area contributed by atoms with Crippen LogP contribution in [0.3, 0.4) is 0 Å². The van der Waals surface area contributed by atoms with E-state index in [-0.39, 0.29) is 5.56 Å². The molecule has 0 bridgehead atoms. The summed E-state index contributed by atoms with van der Waals surface area (Å²) < 4.78 is 1.09. The van der Waals surface area contributed by atoms with E-state index in [9.17, 15) is 14.7 Å². The number of hydrazone groups is 1. The topological polar surface area (TPSA) is 90.7 Å². The van der Waals surface area contributed by atoms with Crippen LogP contribution in [0.25, 0.3) is 5.69 Å². The normalized spacial score (nSPS) is 15.8. The first-order valence-corrected chi connectivity index (χ1v) is 8.93. The first-order valence-electron chi connectivity index (χ1n) is 8.93. The molecule has 0 amide bonds. The van der Waals surface area contributed by atoms with Gasteiger partial charge >= 0.3 is 5.69 Å². The molecule has 2 heterocycles. The number of nitrogens with one attached hydrogen (secondary N) is 1. The Balaban J connectivity index is 2.07. The van der Waals surface area contributed by atoms with Crippen LogP contribution in [0, 0.1) is 6.92 Å². The predicted octanol–water partition coefficient (Wildman–Crippen LogP) is 2.14. The largest absolute Gasteiger partial charge is 0.493 e. The van der Waals surface area contributed by atoms with Gasteiger partial charge in [0.25, 0.3) is 5.56 Å². The van der Waals surface area contributed by atoms with Crippen molar-refractivity contribution in [3.05, 3.63) is 56.2 Å². The summed E-state index contributed by atoms with van der Waals surface area (Å²) in [5.41, 5.74) is 0.624. The van der Waals surface area contributed by atoms with E-state index in [1.807, 2.05) is 24.1 Å². The van der Waals surface area contributed by atoms with Crippen LogP contribution >= 0.6 is 0 Å². The van der Waals surface area contributed by atoms with Crippen molar-refractivity contribution in [1.82, 2.24) is 14.6 Å². The van der Waals surface area contributed by atoms with Crippen LogP contribution in [0.4, 0.5) is 0 Å². The third-order valence-electron chi connectivity index (χ3n) is 4.61. The van der Waals surface area contributed by atoms with Gasteiger partial charge in [0.2, 0.25) is 5.88 Å². The Morgan fingerprint density at radius 1 is 1.08 bits per heavy atom. The van der Waals surface area contributed by atoms with E-state index in [1.54, 1.807) is 19.1 Å². The predicted molar refractivity (Wildman–Crippen MR) is 101 cm³/mol. The number of aromatic nitrogens is 2. The highest BCUT2D eigenvalue weighted by Gasteiger charge is 2.19. The van der Waals surface area contributed by atoms with Crippen LogP contribution in [0.5, 0.6) is 5.88 Å². The highest BCUT2D eigenvalue weighted by Crippen LogP contribution is 2.18. The number of aromatic amines is 1. The van der Waals surface area contributed by atoms with Gasteiger partial charge in [-0.25, -0.2) is 9.36 Å². The van der Waals surface area contributed by atoms with Crippen molar-refractivity contribution in [2.24, 2.45) is 5.10 Å². The maximum atomic E-state index is 12.3. The van der Waals surface area contributed by atoms with E-state index in [0.29, 0.717) is 11.4 Å². The van der Waals surface area contributed by atoms with Crippen molar-refractivity contribution < 1.29 is 5.11 Å². The van der Waals surface area contributed by atoms with Crippen LogP contribution in [-0.2, 0) is 0 Å². The second-order valence-corrected chi connectivity index (χ2v) is 6.68. The van der Waals surface area contributed by atoms with Crippen LogP contribution in [0.15, 0.2) is 39.0 Å². The number of H-pyrrole nitrogens is 1. The molecule has 1 aliphatic rings. The van der Waals surface area contributed by atoms with Crippen LogP contribution < -0.4 is 11.2 Å². The quantitative estimate of drug-likeness (QED) is 0.825. The summed E-state index contributed by atoms with van der Waals surface area (Å²) in [4.78, 5) is 26.9. The van der Waals surface area contributed by atoms with Gasteiger partial charge in [-0.2, -0.15) is 5.10 Å². The van der Waals surface area contributed by atoms with Gasteiger partial charge in [-0.1, -0.05) is 30.5 Å². The third kappa shape index (κ3) is 3.71. The standard InChI is InChI=1S/C19H24N4O3/c1-13-7-9-15(10-8-13)23-18(25)16(17(24)20-19(23)26)14(2)21-22-11-5-3-4-6-12-22/h7-10,25H,3-6,11-12H2,1-2H3,(H,20,24,26)/b21-14+. The van der Waals surface area contributed by atoms with Gasteiger partial charge in [0.15, 0.2) is 0 Å². The summed E-state index contributed by atoms with van der Waals surface area (Å²) in [7, 11) is 0. The number of rotatable bonds is 3. The van der Waals surface area contributed by atoms with Crippen molar-refractivity contribution in [3.63, 3.8) is 0 Å². The van der Waals surface area contributed by atoms with Gasteiger partial charge in [0.1, 0.15) is 5.56 Å². The number of aryl methyl sites for hydroxylation is 1. The fraction of sp³-hybridized carbons (Fsp3) is 0.421. The molecular weight excluding hydrogens is 332 g/mol. The van der Waals surface area contributed by atoms with Crippen LogP contribution in [-0.4, -0.2) is 38.5 Å². The average molecular weight is 356 g/mol. The molecular formula is C19H24N4O3. The van der Waals surface area contributed by atoms with Crippen molar-refractivity contribution in [2.45, 2.75) is 39.5 Å². The zero-order valence-electron chi connectivity index (χ0n) is 15.2. The molecule has 1 aliphatic heterocycles. The molecule has 2 N–H and O–H groups in total. The van der Waals surface area contributed by atoms with Crippen molar-refractivity contribution >= 4 is 5.71 Å². The molecule has 0 radical (unpaired) electrons. The molecule has 0 unspecified atom stereocenters. The molecule has 7 heteroatoms. The molecule has 0 atom stereocenters. The van der Waals surface area contributed by atoms with E-state index in [2.05, 4.69) is 10.1 Å². The molecule has 0 spiro atoms. The molecule has 1 saturated heterocycles. The lowest BCUT2D eigenvalue weighted by Crippen LogP contribution is -2.33. The van der Waals surface area contributed by atoms with Gasteiger partial charge in [-0.05, 0) is 38.8 Å². The Hall–Kier alpha value is -2.83. The highest BCUT2D eigenvalue weighted by atomic mass is 16.3. The van der Waals surface area contributed by atoms with E-state index >= 15 is 0 Å². The van der Waals surface area contributed by atoms with Crippen molar-refractivity contribution in [2.75, 3.05) is 13.1 Å². The lowest BCUT2D eigenvalue weighted by Gasteiger charge is -2.18. The summed E-state index contributed by atoms with van der Waals surface area (Å²) in [6.07, 6.45) is 4.47. The monoisotopic (exact) mass is 356 g/mol. The van der Waals surface area contributed by atoms with Gasteiger partial charge < -0.3 is 5.11 Å². The number of benzene rings is 1. The summed E-state index contributed by atoms with van der Waals surface area (Å²) in [5.74, 6) is -0.390.